The Hall–Kier alpha value is -2.20. The Morgan fingerprint density at radius 2 is 1.71 bits per heavy atom. The van der Waals surface area contributed by atoms with Crippen LogP contribution < -0.4 is 5.32 Å². The summed E-state index contributed by atoms with van der Waals surface area (Å²) in [5.41, 5.74) is 3.38. The Kier molecular flexibility index (Phi) is 3.71. The first kappa shape index (κ1) is 13.8. The van der Waals surface area contributed by atoms with Crippen LogP contribution in [0, 0.1) is 0 Å². The van der Waals surface area contributed by atoms with Gasteiger partial charge < -0.3 is 20.6 Å². The highest BCUT2D eigenvalue weighted by molar-refractivity contribution is 5.53. The van der Waals surface area contributed by atoms with Crippen LogP contribution in [0.15, 0.2) is 36.4 Å². The molecule has 2 aromatic rings. The van der Waals surface area contributed by atoms with E-state index in [4.69, 9.17) is 0 Å². The quantitative estimate of drug-likeness (QED) is 0.654. The van der Waals surface area contributed by atoms with Gasteiger partial charge in [0.05, 0.1) is 0 Å². The van der Waals surface area contributed by atoms with E-state index >= 15 is 0 Å². The molecule has 3 rings (SSSR count). The zero-order valence-corrected chi connectivity index (χ0v) is 11.7. The number of rotatable bonds is 3. The van der Waals surface area contributed by atoms with Crippen molar-refractivity contribution in [1.82, 2.24) is 5.32 Å². The summed E-state index contributed by atoms with van der Waals surface area (Å²) < 4.78 is 0. The van der Waals surface area contributed by atoms with Crippen molar-refractivity contribution in [1.29, 1.82) is 0 Å². The minimum absolute atomic E-state index is 0.251. The molecule has 0 aliphatic heterocycles. The Bertz CT molecular complexity index is 654. The number of aromatic hydroxyl groups is 3. The lowest BCUT2D eigenvalue weighted by Crippen LogP contribution is -2.34. The summed E-state index contributed by atoms with van der Waals surface area (Å²) in [5, 5.41) is 32.1. The fourth-order valence-corrected chi connectivity index (χ4v) is 2.88. The summed E-state index contributed by atoms with van der Waals surface area (Å²) in [6.07, 6.45) is 3.09. The lowest BCUT2D eigenvalue weighted by Gasteiger charge is -2.25. The van der Waals surface area contributed by atoms with E-state index in [1.807, 2.05) is 0 Å². The van der Waals surface area contributed by atoms with E-state index in [0.717, 1.165) is 19.3 Å². The number of benzene rings is 2. The van der Waals surface area contributed by atoms with Gasteiger partial charge in [-0.25, -0.2) is 0 Å². The van der Waals surface area contributed by atoms with E-state index in [1.165, 1.54) is 17.2 Å². The predicted molar refractivity (Wildman–Crippen MR) is 80.5 cm³/mol. The summed E-state index contributed by atoms with van der Waals surface area (Å²) in [7, 11) is 0. The van der Waals surface area contributed by atoms with Crippen LogP contribution in [0.4, 0.5) is 0 Å². The molecule has 0 saturated heterocycles. The van der Waals surface area contributed by atoms with Gasteiger partial charge in [-0.1, -0.05) is 30.3 Å². The maximum atomic E-state index is 9.82. The lowest BCUT2D eigenvalue weighted by atomic mass is 9.88. The van der Waals surface area contributed by atoms with Gasteiger partial charge in [-0.3, -0.25) is 0 Å². The minimum Gasteiger partial charge on any atom is -0.504 e. The second-order valence-corrected chi connectivity index (χ2v) is 5.53. The van der Waals surface area contributed by atoms with E-state index in [9.17, 15) is 15.3 Å². The third-order valence-corrected chi connectivity index (χ3v) is 4.14. The Labute approximate surface area is 123 Å². The van der Waals surface area contributed by atoms with Crippen LogP contribution in [0.25, 0.3) is 0 Å². The first-order chi connectivity index (χ1) is 10.1. The molecule has 0 amide bonds. The number of nitrogens with one attached hydrogen (secondary N) is 1. The van der Waals surface area contributed by atoms with Crippen LogP contribution >= 0.6 is 0 Å². The smallest absolute Gasteiger partial charge is 0.200 e. The largest absolute Gasteiger partial charge is 0.504 e. The molecule has 0 saturated carbocycles. The van der Waals surface area contributed by atoms with Crippen molar-refractivity contribution in [2.45, 2.75) is 31.8 Å². The van der Waals surface area contributed by atoms with E-state index in [2.05, 4.69) is 29.6 Å². The van der Waals surface area contributed by atoms with Gasteiger partial charge >= 0.3 is 0 Å². The summed E-state index contributed by atoms with van der Waals surface area (Å²) in [6.45, 7) is 0.465. The second-order valence-electron chi connectivity index (χ2n) is 5.53. The maximum Gasteiger partial charge on any atom is 0.200 e. The molecule has 4 heteroatoms. The molecule has 4 nitrogen and oxygen atoms in total. The molecule has 21 heavy (non-hydrogen) atoms. The number of phenols is 3. The van der Waals surface area contributed by atoms with E-state index in [0.29, 0.717) is 18.2 Å². The van der Waals surface area contributed by atoms with Crippen molar-refractivity contribution in [3.05, 3.63) is 53.1 Å². The average Bonchev–Trinajstić information content (AvgIpc) is 2.52. The van der Waals surface area contributed by atoms with Crippen molar-refractivity contribution >= 4 is 0 Å². The third-order valence-electron chi connectivity index (χ3n) is 4.14. The normalized spacial score (nSPS) is 17.4. The number of fused-ring (bicyclic) bond motifs is 1. The van der Waals surface area contributed by atoms with Gasteiger partial charge in [0.15, 0.2) is 11.5 Å². The number of phenolic OH excluding ortho intramolecular Hbond substituents is 3. The van der Waals surface area contributed by atoms with Gasteiger partial charge in [-0.2, -0.15) is 0 Å². The highest BCUT2D eigenvalue weighted by Crippen LogP contribution is 2.37. The van der Waals surface area contributed by atoms with Crippen molar-refractivity contribution in [2.75, 3.05) is 0 Å². The molecule has 1 aliphatic carbocycles. The summed E-state index contributed by atoms with van der Waals surface area (Å²) in [6, 6.07) is 11.8. The van der Waals surface area contributed by atoms with Crippen LogP contribution in [0.1, 0.15) is 23.1 Å². The third kappa shape index (κ3) is 2.81. The van der Waals surface area contributed by atoms with Crippen molar-refractivity contribution in [3.63, 3.8) is 0 Å². The molecule has 2 aromatic carbocycles. The Morgan fingerprint density at radius 3 is 2.52 bits per heavy atom. The predicted octanol–water partition coefficient (Wildman–Crippen LogP) is 2.45. The Morgan fingerprint density at radius 1 is 0.952 bits per heavy atom. The van der Waals surface area contributed by atoms with Crippen molar-refractivity contribution in [3.8, 4) is 17.2 Å². The molecular formula is C17H19NO3. The molecular weight excluding hydrogens is 266 g/mol. The van der Waals surface area contributed by atoms with Crippen LogP contribution in [-0.4, -0.2) is 21.4 Å². The molecule has 0 aromatic heterocycles. The molecule has 4 N–H and O–H groups in total. The van der Waals surface area contributed by atoms with Gasteiger partial charge in [0.1, 0.15) is 0 Å². The van der Waals surface area contributed by atoms with Gasteiger partial charge in [0.25, 0.3) is 0 Å². The number of aryl methyl sites for hydroxylation is 1. The highest BCUT2D eigenvalue weighted by atomic mass is 16.3. The van der Waals surface area contributed by atoms with Crippen LogP contribution in [-0.2, 0) is 19.4 Å². The van der Waals surface area contributed by atoms with Gasteiger partial charge in [-0.15, -0.1) is 0 Å². The number of hydrogen-bond donors (Lipinski definition) is 4. The molecule has 0 spiro atoms. The van der Waals surface area contributed by atoms with E-state index < -0.39 is 5.75 Å². The first-order valence-electron chi connectivity index (χ1n) is 7.18. The highest BCUT2D eigenvalue weighted by Gasteiger charge is 2.18. The first-order valence-corrected chi connectivity index (χ1v) is 7.18. The molecule has 0 fully saturated rings. The molecule has 1 atom stereocenters. The standard InChI is InChI=1S/C17H19NO3/c19-15-8-6-13(16(20)17(15)21)10-18-14-7-5-11-3-1-2-4-12(11)9-14/h1-4,6,8,14,18-21H,5,7,9-10H2. The van der Waals surface area contributed by atoms with Crippen molar-refractivity contribution in [2.24, 2.45) is 0 Å². The fourth-order valence-electron chi connectivity index (χ4n) is 2.88. The molecule has 110 valence electrons. The number of hydrogen-bond acceptors (Lipinski definition) is 4. The lowest BCUT2D eigenvalue weighted by molar-refractivity contribution is 0.362. The summed E-state index contributed by atoms with van der Waals surface area (Å²) in [5.74, 6) is -1.01. The summed E-state index contributed by atoms with van der Waals surface area (Å²) >= 11 is 0. The second kappa shape index (κ2) is 5.66. The zero-order chi connectivity index (χ0) is 14.8. The van der Waals surface area contributed by atoms with Crippen molar-refractivity contribution < 1.29 is 15.3 Å². The van der Waals surface area contributed by atoms with Crippen LogP contribution in [0.2, 0.25) is 0 Å². The van der Waals surface area contributed by atoms with E-state index in [1.54, 1.807) is 6.07 Å². The molecule has 0 bridgehead atoms. The summed E-state index contributed by atoms with van der Waals surface area (Å²) in [4.78, 5) is 0. The molecule has 0 radical (unpaired) electrons. The van der Waals surface area contributed by atoms with Gasteiger partial charge in [0, 0.05) is 18.2 Å². The van der Waals surface area contributed by atoms with E-state index in [-0.39, 0.29) is 11.5 Å². The van der Waals surface area contributed by atoms with Gasteiger partial charge in [-0.05, 0) is 36.5 Å². The molecule has 1 unspecified atom stereocenters. The Balaban J connectivity index is 1.66. The SMILES string of the molecule is Oc1ccc(CNC2CCc3ccccc3C2)c(O)c1O. The van der Waals surface area contributed by atoms with Crippen LogP contribution in [0.5, 0.6) is 17.2 Å². The topological polar surface area (TPSA) is 72.7 Å². The average molecular weight is 285 g/mol. The van der Waals surface area contributed by atoms with Gasteiger partial charge in [0.2, 0.25) is 5.75 Å². The monoisotopic (exact) mass is 285 g/mol. The fraction of sp³-hybridized carbons (Fsp3) is 0.294. The minimum atomic E-state index is -0.455. The maximum absolute atomic E-state index is 9.82. The molecule has 0 heterocycles. The molecule has 1 aliphatic rings. The van der Waals surface area contributed by atoms with Crippen LogP contribution in [0.3, 0.4) is 0 Å². The zero-order valence-electron chi connectivity index (χ0n) is 11.7.